The zero-order valence-electron chi connectivity index (χ0n) is 10.2. The molecule has 1 heterocycles. The molecule has 3 heteroatoms. The molecule has 1 aromatic rings. The van der Waals surface area contributed by atoms with Crippen LogP contribution in [-0.4, -0.2) is 17.9 Å². The van der Waals surface area contributed by atoms with Crippen LogP contribution in [0.15, 0.2) is 24.3 Å². The number of carbonyl (C=O) groups excluding carboxylic acids is 1. The molecule has 0 amide bonds. The Kier molecular flexibility index (Phi) is 2.89. The van der Waals surface area contributed by atoms with E-state index in [0.717, 1.165) is 12.2 Å². The van der Waals surface area contributed by atoms with Crippen LogP contribution in [0.5, 0.6) is 0 Å². The molecule has 0 atom stereocenters. The highest BCUT2D eigenvalue weighted by molar-refractivity contribution is 5.82. The largest absolute Gasteiger partial charge is 0.366 e. The number of carbonyl (C=O) groups is 1. The van der Waals surface area contributed by atoms with Crippen LogP contribution in [0.25, 0.3) is 0 Å². The van der Waals surface area contributed by atoms with Crippen molar-refractivity contribution in [3.63, 3.8) is 0 Å². The van der Waals surface area contributed by atoms with Crippen LogP contribution in [0.4, 0.5) is 5.69 Å². The predicted molar refractivity (Wildman–Crippen MR) is 66.8 cm³/mol. The fourth-order valence-electron chi connectivity index (χ4n) is 2.40. The summed E-state index contributed by atoms with van der Waals surface area (Å²) in [5, 5.41) is 8.77. The quantitative estimate of drug-likeness (QED) is 0.741. The van der Waals surface area contributed by atoms with Gasteiger partial charge in [0, 0.05) is 30.6 Å². The summed E-state index contributed by atoms with van der Waals surface area (Å²) in [7, 11) is 0. The van der Waals surface area contributed by atoms with Crippen molar-refractivity contribution in [2.75, 3.05) is 11.4 Å². The van der Waals surface area contributed by atoms with Crippen LogP contribution in [-0.2, 0) is 4.79 Å². The number of Topliss-reactive ketones (excluding diaryl/α,β-unsaturated/α-hetero) is 1. The van der Waals surface area contributed by atoms with Crippen LogP contribution >= 0.6 is 0 Å². The summed E-state index contributed by atoms with van der Waals surface area (Å²) in [6.45, 7) is 4.93. The van der Waals surface area contributed by atoms with Crippen molar-refractivity contribution in [3.05, 3.63) is 29.8 Å². The fraction of sp³-hybridized carbons (Fsp3) is 0.429. The number of ketones is 1. The maximum absolute atomic E-state index is 11.5. The normalized spacial score (nSPS) is 18.9. The van der Waals surface area contributed by atoms with Gasteiger partial charge in [0.05, 0.1) is 11.6 Å². The Balaban J connectivity index is 2.27. The monoisotopic (exact) mass is 228 g/mol. The van der Waals surface area contributed by atoms with E-state index in [-0.39, 0.29) is 5.54 Å². The van der Waals surface area contributed by atoms with Gasteiger partial charge in [-0.2, -0.15) is 5.26 Å². The lowest BCUT2D eigenvalue weighted by molar-refractivity contribution is -0.121. The van der Waals surface area contributed by atoms with E-state index in [9.17, 15) is 4.79 Å². The van der Waals surface area contributed by atoms with E-state index in [1.165, 1.54) is 0 Å². The molecule has 0 spiro atoms. The van der Waals surface area contributed by atoms with Crippen molar-refractivity contribution >= 4 is 11.5 Å². The van der Waals surface area contributed by atoms with Gasteiger partial charge in [-0.1, -0.05) is 0 Å². The average Bonchev–Trinajstić information content (AvgIpc) is 2.28. The van der Waals surface area contributed by atoms with Crippen LogP contribution < -0.4 is 4.90 Å². The first-order valence-electron chi connectivity index (χ1n) is 5.82. The summed E-state index contributed by atoms with van der Waals surface area (Å²) in [5.41, 5.74) is 1.62. The van der Waals surface area contributed by atoms with Gasteiger partial charge in [-0.15, -0.1) is 0 Å². The molecule has 17 heavy (non-hydrogen) atoms. The summed E-state index contributed by atoms with van der Waals surface area (Å²) in [6.07, 6.45) is 1.20. The van der Waals surface area contributed by atoms with E-state index < -0.39 is 0 Å². The van der Waals surface area contributed by atoms with Gasteiger partial charge in [0.1, 0.15) is 5.78 Å². The van der Waals surface area contributed by atoms with E-state index in [4.69, 9.17) is 5.26 Å². The van der Waals surface area contributed by atoms with Crippen LogP contribution in [0.1, 0.15) is 32.3 Å². The summed E-state index contributed by atoms with van der Waals surface area (Å²) in [6, 6.07) is 9.66. The van der Waals surface area contributed by atoms with Gasteiger partial charge >= 0.3 is 0 Å². The molecule has 1 fully saturated rings. The lowest BCUT2D eigenvalue weighted by Gasteiger charge is -2.43. The third kappa shape index (κ3) is 2.31. The first kappa shape index (κ1) is 11.7. The van der Waals surface area contributed by atoms with Gasteiger partial charge in [0.2, 0.25) is 0 Å². The Bertz CT molecular complexity index is 468. The Hall–Kier alpha value is -1.82. The molecule has 0 unspecified atom stereocenters. The minimum Gasteiger partial charge on any atom is -0.366 e. The van der Waals surface area contributed by atoms with Gasteiger partial charge in [-0.3, -0.25) is 4.79 Å². The number of nitriles is 1. The van der Waals surface area contributed by atoms with Gasteiger partial charge in [-0.25, -0.2) is 0 Å². The SMILES string of the molecule is CC1(C)CC(=O)CCN1c1ccc(C#N)cc1. The van der Waals surface area contributed by atoms with Gasteiger partial charge < -0.3 is 4.90 Å². The molecule has 0 aliphatic carbocycles. The number of hydrogen-bond acceptors (Lipinski definition) is 3. The molecule has 88 valence electrons. The van der Waals surface area contributed by atoms with E-state index in [1.54, 1.807) is 0 Å². The Labute approximate surface area is 102 Å². The van der Waals surface area contributed by atoms with Crippen LogP contribution in [0.3, 0.4) is 0 Å². The molecule has 0 radical (unpaired) electrons. The topological polar surface area (TPSA) is 44.1 Å². The number of benzene rings is 1. The van der Waals surface area contributed by atoms with Crippen molar-refractivity contribution in [1.29, 1.82) is 5.26 Å². The second-order valence-corrected chi connectivity index (χ2v) is 5.09. The summed E-state index contributed by atoms with van der Waals surface area (Å²) < 4.78 is 0. The van der Waals surface area contributed by atoms with Gasteiger partial charge in [0.15, 0.2) is 0 Å². The molecule has 1 aliphatic rings. The Morgan fingerprint density at radius 1 is 1.29 bits per heavy atom. The predicted octanol–water partition coefficient (Wildman–Crippen LogP) is 2.51. The van der Waals surface area contributed by atoms with Gasteiger partial charge in [-0.05, 0) is 38.1 Å². The number of hydrogen-bond donors (Lipinski definition) is 0. The van der Waals surface area contributed by atoms with Gasteiger partial charge in [0.25, 0.3) is 0 Å². The molecular formula is C14H16N2O. The van der Waals surface area contributed by atoms with E-state index >= 15 is 0 Å². The second kappa shape index (κ2) is 4.21. The lowest BCUT2D eigenvalue weighted by atomic mass is 9.89. The highest BCUT2D eigenvalue weighted by Crippen LogP contribution is 2.31. The number of anilines is 1. The van der Waals surface area contributed by atoms with Crippen LogP contribution in [0, 0.1) is 11.3 Å². The molecule has 2 rings (SSSR count). The highest BCUT2D eigenvalue weighted by atomic mass is 16.1. The molecule has 3 nitrogen and oxygen atoms in total. The number of nitrogens with zero attached hydrogens (tertiary/aromatic N) is 2. The third-order valence-corrected chi connectivity index (χ3v) is 3.28. The summed E-state index contributed by atoms with van der Waals surface area (Å²) >= 11 is 0. The van der Waals surface area contributed by atoms with E-state index in [2.05, 4.69) is 24.8 Å². The van der Waals surface area contributed by atoms with E-state index in [0.29, 0.717) is 24.2 Å². The first-order valence-corrected chi connectivity index (χ1v) is 5.82. The Morgan fingerprint density at radius 2 is 1.94 bits per heavy atom. The molecular weight excluding hydrogens is 212 g/mol. The molecule has 0 saturated carbocycles. The van der Waals surface area contributed by atoms with Crippen molar-refractivity contribution in [2.45, 2.75) is 32.2 Å². The molecule has 1 aliphatic heterocycles. The van der Waals surface area contributed by atoms with Crippen molar-refractivity contribution in [1.82, 2.24) is 0 Å². The van der Waals surface area contributed by atoms with Crippen LogP contribution in [0.2, 0.25) is 0 Å². The number of piperidine rings is 1. The standard InChI is InChI=1S/C14H16N2O/c1-14(2)9-13(17)7-8-16(14)12-5-3-11(10-15)4-6-12/h3-6H,7-9H2,1-2H3. The smallest absolute Gasteiger partial charge is 0.136 e. The molecule has 0 bridgehead atoms. The zero-order valence-corrected chi connectivity index (χ0v) is 10.2. The minimum absolute atomic E-state index is 0.135. The van der Waals surface area contributed by atoms with Crippen molar-refractivity contribution in [2.24, 2.45) is 0 Å². The summed E-state index contributed by atoms with van der Waals surface area (Å²) in [5.74, 6) is 0.333. The second-order valence-electron chi connectivity index (χ2n) is 5.09. The summed E-state index contributed by atoms with van der Waals surface area (Å²) in [4.78, 5) is 13.7. The molecule has 0 aromatic heterocycles. The lowest BCUT2D eigenvalue weighted by Crippen LogP contribution is -2.50. The third-order valence-electron chi connectivity index (χ3n) is 3.28. The molecule has 1 aromatic carbocycles. The average molecular weight is 228 g/mol. The maximum atomic E-state index is 11.5. The Morgan fingerprint density at radius 3 is 2.47 bits per heavy atom. The maximum Gasteiger partial charge on any atom is 0.136 e. The highest BCUT2D eigenvalue weighted by Gasteiger charge is 2.33. The van der Waals surface area contributed by atoms with E-state index in [1.807, 2.05) is 24.3 Å². The molecule has 0 N–H and O–H groups in total. The first-order chi connectivity index (χ1) is 8.03. The minimum atomic E-state index is -0.135. The molecule has 1 saturated heterocycles. The van der Waals surface area contributed by atoms with Crippen molar-refractivity contribution in [3.8, 4) is 6.07 Å². The fourth-order valence-corrected chi connectivity index (χ4v) is 2.40. The zero-order chi connectivity index (χ0) is 12.5. The number of rotatable bonds is 1. The van der Waals surface area contributed by atoms with Crippen molar-refractivity contribution < 1.29 is 4.79 Å².